The molecule has 1 aliphatic rings. The van der Waals surface area contributed by atoms with Gasteiger partial charge in [0.15, 0.2) is 0 Å². The van der Waals surface area contributed by atoms with E-state index < -0.39 is 12.2 Å². The maximum absolute atomic E-state index is 12.3. The summed E-state index contributed by atoms with van der Waals surface area (Å²) < 4.78 is 1.55. The summed E-state index contributed by atoms with van der Waals surface area (Å²) in [4.78, 5) is 13.7. The van der Waals surface area contributed by atoms with Crippen LogP contribution in [0.15, 0.2) is 0 Å². The van der Waals surface area contributed by atoms with Gasteiger partial charge in [-0.15, -0.1) is 0 Å². The number of carbonyl (C=O) groups is 1. The molecule has 0 saturated carbocycles. The van der Waals surface area contributed by atoms with E-state index in [4.69, 9.17) is 5.73 Å². The topological polar surface area (TPSA) is 105 Å². The highest BCUT2D eigenvalue weighted by molar-refractivity contribution is 5.98. The van der Waals surface area contributed by atoms with Gasteiger partial charge in [0.05, 0.1) is 23.6 Å². The van der Waals surface area contributed by atoms with Crippen molar-refractivity contribution in [2.75, 3.05) is 18.8 Å². The zero-order chi connectivity index (χ0) is 13.4. The van der Waals surface area contributed by atoms with Crippen molar-refractivity contribution in [1.82, 2.24) is 14.7 Å². The Morgan fingerprint density at radius 1 is 1.44 bits per heavy atom. The van der Waals surface area contributed by atoms with Gasteiger partial charge in [-0.3, -0.25) is 9.48 Å². The fraction of sp³-hybridized carbons (Fsp3) is 0.636. The molecule has 18 heavy (non-hydrogen) atoms. The van der Waals surface area contributed by atoms with Crippen molar-refractivity contribution in [2.24, 2.45) is 0 Å². The second-order valence-electron chi connectivity index (χ2n) is 4.51. The van der Waals surface area contributed by atoms with Gasteiger partial charge in [-0.2, -0.15) is 5.10 Å². The lowest BCUT2D eigenvalue weighted by Crippen LogP contribution is -2.32. The number of nitrogens with two attached hydrogens (primary N) is 1. The molecule has 2 atom stereocenters. The third-order valence-electron chi connectivity index (χ3n) is 3.22. The van der Waals surface area contributed by atoms with Crippen LogP contribution in [0.25, 0.3) is 0 Å². The number of carbonyl (C=O) groups excluding carboxylic acids is 1. The Kier molecular flexibility index (Phi) is 3.27. The zero-order valence-corrected chi connectivity index (χ0v) is 10.5. The molecule has 1 aliphatic heterocycles. The number of aryl methyl sites for hydroxylation is 2. The number of hydrogen-bond acceptors (Lipinski definition) is 5. The van der Waals surface area contributed by atoms with Gasteiger partial charge in [0.2, 0.25) is 0 Å². The number of hydrogen-bond donors (Lipinski definition) is 3. The normalized spacial score (nSPS) is 23.7. The summed E-state index contributed by atoms with van der Waals surface area (Å²) in [5, 5.41) is 23.1. The first-order valence-electron chi connectivity index (χ1n) is 5.94. The summed E-state index contributed by atoms with van der Waals surface area (Å²) in [7, 11) is 0. The Hall–Kier alpha value is -1.60. The van der Waals surface area contributed by atoms with Crippen LogP contribution in [0.1, 0.15) is 23.1 Å². The summed E-state index contributed by atoms with van der Waals surface area (Å²) in [6.45, 7) is 4.39. The Morgan fingerprint density at radius 3 is 2.50 bits per heavy atom. The van der Waals surface area contributed by atoms with Crippen molar-refractivity contribution >= 4 is 11.6 Å². The van der Waals surface area contributed by atoms with Gasteiger partial charge in [0, 0.05) is 19.6 Å². The number of rotatable bonds is 2. The second kappa shape index (κ2) is 4.58. The molecule has 0 aromatic carbocycles. The predicted octanol–water partition coefficient (Wildman–Crippen LogP) is -1.03. The molecular weight excluding hydrogens is 236 g/mol. The van der Waals surface area contributed by atoms with E-state index in [2.05, 4.69) is 5.10 Å². The van der Waals surface area contributed by atoms with Crippen molar-refractivity contribution < 1.29 is 15.0 Å². The van der Waals surface area contributed by atoms with Crippen LogP contribution in [0.2, 0.25) is 0 Å². The third-order valence-corrected chi connectivity index (χ3v) is 3.22. The molecule has 0 spiro atoms. The molecule has 2 heterocycles. The number of aliphatic hydroxyl groups is 2. The highest BCUT2D eigenvalue weighted by atomic mass is 16.3. The number of amides is 1. The molecule has 7 heteroatoms. The molecule has 2 rings (SSSR count). The van der Waals surface area contributed by atoms with E-state index in [1.165, 1.54) is 4.90 Å². The fourth-order valence-electron chi connectivity index (χ4n) is 2.13. The van der Waals surface area contributed by atoms with E-state index >= 15 is 0 Å². The number of nitrogen functional groups attached to an aromatic ring is 1. The molecule has 4 N–H and O–H groups in total. The first-order valence-corrected chi connectivity index (χ1v) is 5.94. The molecule has 0 bridgehead atoms. The van der Waals surface area contributed by atoms with E-state index in [-0.39, 0.29) is 19.0 Å². The van der Waals surface area contributed by atoms with E-state index in [1.807, 2.05) is 6.92 Å². The third kappa shape index (κ3) is 1.95. The van der Waals surface area contributed by atoms with Gasteiger partial charge in [-0.25, -0.2) is 0 Å². The van der Waals surface area contributed by atoms with Gasteiger partial charge in [-0.05, 0) is 13.8 Å². The van der Waals surface area contributed by atoms with Crippen LogP contribution < -0.4 is 5.73 Å². The average Bonchev–Trinajstić information content (AvgIpc) is 2.81. The molecule has 0 radical (unpaired) electrons. The van der Waals surface area contributed by atoms with E-state index in [0.717, 1.165) is 0 Å². The highest BCUT2D eigenvalue weighted by Crippen LogP contribution is 2.21. The minimum Gasteiger partial charge on any atom is -0.395 e. The lowest BCUT2D eigenvalue weighted by molar-refractivity contribution is 0.0572. The number of likely N-dealkylation sites (tertiary alicyclic amines) is 1. The summed E-state index contributed by atoms with van der Waals surface area (Å²) in [6.07, 6.45) is -1.79. The minimum absolute atomic E-state index is 0.118. The molecule has 1 amide bonds. The van der Waals surface area contributed by atoms with Gasteiger partial charge in [0.1, 0.15) is 5.69 Å². The van der Waals surface area contributed by atoms with Crippen LogP contribution in [0.4, 0.5) is 5.69 Å². The number of β-amino-alcohol motifs (C(OH)–C–C–N with tert-alkyl or cyclic N) is 2. The van der Waals surface area contributed by atoms with E-state index in [9.17, 15) is 15.0 Å². The Bertz CT molecular complexity index is 461. The zero-order valence-electron chi connectivity index (χ0n) is 10.5. The first-order chi connectivity index (χ1) is 8.45. The summed E-state index contributed by atoms with van der Waals surface area (Å²) in [5.41, 5.74) is 7.16. The fourth-order valence-corrected chi connectivity index (χ4v) is 2.13. The number of aromatic nitrogens is 2. The molecule has 7 nitrogen and oxygen atoms in total. The molecule has 1 aromatic heterocycles. The Balaban J connectivity index is 2.29. The number of nitrogens with zero attached hydrogens (tertiary/aromatic N) is 3. The van der Waals surface area contributed by atoms with Crippen LogP contribution in [-0.2, 0) is 6.54 Å². The molecule has 2 unspecified atom stereocenters. The van der Waals surface area contributed by atoms with Crippen molar-refractivity contribution in [3.63, 3.8) is 0 Å². The molecule has 1 saturated heterocycles. The lowest BCUT2D eigenvalue weighted by Gasteiger charge is -2.16. The first kappa shape index (κ1) is 12.8. The molecule has 100 valence electrons. The van der Waals surface area contributed by atoms with Gasteiger partial charge in [0.25, 0.3) is 5.91 Å². The van der Waals surface area contributed by atoms with Crippen LogP contribution in [0, 0.1) is 6.92 Å². The standard InChI is InChI=1S/C11H18N4O3/c1-3-15-10(9(12)6(2)13-15)11(18)14-4-7(16)8(17)5-14/h7-8,16-17H,3-5,12H2,1-2H3. The quantitative estimate of drug-likeness (QED) is 0.626. The largest absolute Gasteiger partial charge is 0.395 e. The predicted molar refractivity (Wildman–Crippen MR) is 65.0 cm³/mol. The van der Waals surface area contributed by atoms with Crippen molar-refractivity contribution in [2.45, 2.75) is 32.6 Å². The average molecular weight is 254 g/mol. The Morgan fingerprint density at radius 2 is 2.00 bits per heavy atom. The number of aliphatic hydroxyl groups excluding tert-OH is 2. The van der Waals surface area contributed by atoms with Crippen molar-refractivity contribution in [3.05, 3.63) is 11.4 Å². The van der Waals surface area contributed by atoms with E-state index in [1.54, 1.807) is 11.6 Å². The lowest BCUT2D eigenvalue weighted by atomic mass is 10.2. The summed E-state index contributed by atoms with van der Waals surface area (Å²) >= 11 is 0. The van der Waals surface area contributed by atoms with Gasteiger partial charge >= 0.3 is 0 Å². The summed E-state index contributed by atoms with van der Waals surface area (Å²) in [5.74, 6) is -0.300. The molecule has 1 fully saturated rings. The van der Waals surface area contributed by atoms with Crippen LogP contribution >= 0.6 is 0 Å². The Labute approximate surface area is 105 Å². The minimum atomic E-state index is -0.894. The van der Waals surface area contributed by atoms with E-state index in [0.29, 0.717) is 23.6 Å². The molecule has 1 aromatic rings. The van der Waals surface area contributed by atoms with Crippen molar-refractivity contribution in [1.29, 1.82) is 0 Å². The maximum atomic E-state index is 12.3. The highest BCUT2D eigenvalue weighted by Gasteiger charge is 2.35. The molecular formula is C11H18N4O3. The van der Waals surface area contributed by atoms with Gasteiger partial charge < -0.3 is 20.8 Å². The van der Waals surface area contributed by atoms with Crippen LogP contribution in [-0.4, -0.2) is 56.1 Å². The van der Waals surface area contributed by atoms with Crippen LogP contribution in [0.5, 0.6) is 0 Å². The second-order valence-corrected chi connectivity index (χ2v) is 4.51. The SMILES string of the molecule is CCn1nc(C)c(N)c1C(=O)N1CC(O)C(O)C1. The van der Waals surface area contributed by atoms with Gasteiger partial charge in [-0.1, -0.05) is 0 Å². The molecule has 0 aliphatic carbocycles. The van der Waals surface area contributed by atoms with Crippen LogP contribution in [0.3, 0.4) is 0 Å². The number of anilines is 1. The van der Waals surface area contributed by atoms with Crippen molar-refractivity contribution in [3.8, 4) is 0 Å². The smallest absolute Gasteiger partial charge is 0.274 e. The monoisotopic (exact) mass is 254 g/mol. The maximum Gasteiger partial charge on any atom is 0.274 e. The summed E-state index contributed by atoms with van der Waals surface area (Å²) in [6, 6.07) is 0.